The molecule has 0 bridgehead atoms. The molecule has 0 radical (unpaired) electrons. The van der Waals surface area contributed by atoms with Gasteiger partial charge in [-0.3, -0.25) is 14.6 Å². The van der Waals surface area contributed by atoms with Crippen LogP contribution in [0.5, 0.6) is 0 Å². The molecule has 4 rings (SSSR count). The van der Waals surface area contributed by atoms with Gasteiger partial charge in [0.05, 0.1) is 18.2 Å². The van der Waals surface area contributed by atoms with Crippen molar-refractivity contribution in [3.05, 3.63) is 46.9 Å². The molecule has 0 aromatic heterocycles. The fraction of sp³-hybridized carbons (Fsp3) is 0.522. The Morgan fingerprint density at radius 1 is 1.16 bits per heavy atom. The highest BCUT2D eigenvalue weighted by atomic mass is 19.1. The summed E-state index contributed by atoms with van der Waals surface area (Å²) >= 11 is 0. The summed E-state index contributed by atoms with van der Waals surface area (Å²) in [4.78, 5) is 43.4. The fourth-order valence-corrected chi connectivity index (χ4v) is 4.27. The summed E-state index contributed by atoms with van der Waals surface area (Å²) < 4.78 is 19.9. The van der Waals surface area contributed by atoms with Crippen LogP contribution in [0.2, 0.25) is 0 Å². The molecule has 1 unspecified atom stereocenters. The second-order valence-corrected chi connectivity index (χ2v) is 8.42. The maximum absolute atomic E-state index is 14.6. The number of ether oxygens (including phenoxy) is 1. The van der Waals surface area contributed by atoms with E-state index in [-0.39, 0.29) is 29.6 Å². The molecule has 2 aliphatic heterocycles. The van der Waals surface area contributed by atoms with E-state index in [9.17, 15) is 18.8 Å². The summed E-state index contributed by atoms with van der Waals surface area (Å²) in [6, 6.07) is 4.74. The zero-order valence-corrected chi connectivity index (χ0v) is 18.5. The van der Waals surface area contributed by atoms with Crippen molar-refractivity contribution in [2.75, 3.05) is 46.4 Å². The summed E-state index contributed by atoms with van der Waals surface area (Å²) in [6.07, 6.45) is 1.96. The van der Waals surface area contributed by atoms with Crippen LogP contribution >= 0.6 is 0 Å². The number of rotatable bonds is 6. The van der Waals surface area contributed by atoms with Crippen LogP contribution in [-0.2, 0) is 14.3 Å². The molecule has 2 fully saturated rings. The summed E-state index contributed by atoms with van der Waals surface area (Å²) in [5, 5.41) is 2.74. The number of esters is 1. The minimum atomic E-state index is -0.938. The Morgan fingerprint density at radius 2 is 1.84 bits per heavy atom. The first-order chi connectivity index (χ1) is 15.4. The van der Waals surface area contributed by atoms with Gasteiger partial charge in [0.15, 0.2) is 0 Å². The Hall–Kier alpha value is -2.94. The van der Waals surface area contributed by atoms with Crippen LogP contribution in [0.1, 0.15) is 31.4 Å². The van der Waals surface area contributed by atoms with Gasteiger partial charge in [0.25, 0.3) is 0 Å². The largest absolute Gasteiger partial charge is 0.463 e. The van der Waals surface area contributed by atoms with Crippen molar-refractivity contribution >= 4 is 17.9 Å². The first-order valence-corrected chi connectivity index (χ1v) is 11.1. The number of carbonyl (C=O) groups is 3. The molecule has 1 saturated heterocycles. The van der Waals surface area contributed by atoms with Crippen LogP contribution in [0.15, 0.2) is 35.5 Å². The van der Waals surface area contributed by atoms with Crippen LogP contribution in [0.4, 0.5) is 9.18 Å². The number of carbonyl (C=O) groups excluding carboxylic acids is 3. The molecule has 3 amide bonds. The van der Waals surface area contributed by atoms with Crippen LogP contribution in [0.3, 0.4) is 0 Å². The van der Waals surface area contributed by atoms with Crippen molar-refractivity contribution < 1.29 is 23.5 Å². The molecule has 1 saturated carbocycles. The molecule has 9 heteroatoms. The molecule has 0 spiro atoms. The SMILES string of the molecule is CCOC(=O)C1=C(CN2CCN(C(=O)C3CC3)CC2)N(C)C(=O)NC1c1ccccc1F. The van der Waals surface area contributed by atoms with E-state index < -0.39 is 23.9 Å². The lowest BCUT2D eigenvalue weighted by molar-refractivity contribution is -0.139. The number of nitrogens with one attached hydrogen (secondary N) is 1. The van der Waals surface area contributed by atoms with Crippen molar-refractivity contribution in [2.45, 2.75) is 25.8 Å². The summed E-state index contributed by atoms with van der Waals surface area (Å²) in [7, 11) is 1.59. The van der Waals surface area contributed by atoms with E-state index in [1.54, 1.807) is 32.2 Å². The number of urea groups is 1. The van der Waals surface area contributed by atoms with E-state index in [1.807, 2.05) is 4.90 Å². The van der Waals surface area contributed by atoms with E-state index in [0.29, 0.717) is 38.4 Å². The van der Waals surface area contributed by atoms with E-state index >= 15 is 0 Å². The van der Waals surface area contributed by atoms with E-state index in [1.165, 1.54) is 11.0 Å². The van der Waals surface area contributed by atoms with Crippen LogP contribution in [0, 0.1) is 11.7 Å². The lowest BCUT2D eigenvalue weighted by Crippen LogP contribution is -2.53. The quantitative estimate of drug-likeness (QED) is 0.678. The van der Waals surface area contributed by atoms with Gasteiger partial charge in [-0.25, -0.2) is 14.0 Å². The maximum Gasteiger partial charge on any atom is 0.338 e. The van der Waals surface area contributed by atoms with Crippen molar-refractivity contribution in [1.82, 2.24) is 20.0 Å². The number of benzene rings is 1. The molecule has 3 aliphatic rings. The fourth-order valence-electron chi connectivity index (χ4n) is 4.27. The Kier molecular flexibility index (Phi) is 6.45. The third-order valence-electron chi connectivity index (χ3n) is 6.27. The number of halogens is 1. The van der Waals surface area contributed by atoms with Gasteiger partial charge < -0.3 is 15.0 Å². The lowest BCUT2D eigenvalue weighted by atomic mass is 9.94. The lowest BCUT2D eigenvalue weighted by Gasteiger charge is -2.39. The average molecular weight is 445 g/mol. The number of piperazine rings is 1. The van der Waals surface area contributed by atoms with E-state index in [4.69, 9.17) is 4.74 Å². The monoisotopic (exact) mass is 444 g/mol. The predicted octanol–water partition coefficient (Wildman–Crippen LogP) is 1.89. The molecular weight excluding hydrogens is 415 g/mol. The number of nitrogens with zero attached hydrogens (tertiary/aromatic N) is 3. The smallest absolute Gasteiger partial charge is 0.338 e. The molecule has 1 N–H and O–H groups in total. The molecule has 1 atom stereocenters. The van der Waals surface area contributed by atoms with Crippen molar-refractivity contribution in [1.29, 1.82) is 0 Å². The van der Waals surface area contributed by atoms with Crippen LogP contribution < -0.4 is 5.32 Å². The van der Waals surface area contributed by atoms with Gasteiger partial charge >= 0.3 is 12.0 Å². The molecule has 1 aromatic rings. The summed E-state index contributed by atoms with van der Waals surface area (Å²) in [5.74, 6) is -0.667. The summed E-state index contributed by atoms with van der Waals surface area (Å²) in [5.41, 5.74) is 0.937. The Bertz CT molecular complexity index is 938. The molecule has 172 valence electrons. The second-order valence-electron chi connectivity index (χ2n) is 8.42. The molecule has 1 aromatic carbocycles. The molecule has 1 aliphatic carbocycles. The van der Waals surface area contributed by atoms with Crippen LogP contribution in [0.25, 0.3) is 0 Å². The minimum absolute atomic E-state index is 0.166. The molecule has 2 heterocycles. The van der Waals surface area contributed by atoms with Crippen molar-refractivity contribution in [3.8, 4) is 0 Å². The summed E-state index contributed by atoms with van der Waals surface area (Å²) in [6.45, 7) is 4.70. The number of likely N-dealkylation sites (N-methyl/N-ethyl adjacent to an activating group) is 1. The highest BCUT2D eigenvalue weighted by molar-refractivity contribution is 5.95. The third kappa shape index (κ3) is 4.48. The molecule has 8 nitrogen and oxygen atoms in total. The number of hydrogen-bond acceptors (Lipinski definition) is 5. The first-order valence-electron chi connectivity index (χ1n) is 11.1. The normalized spacial score (nSPS) is 22.1. The zero-order chi connectivity index (χ0) is 22.8. The zero-order valence-electron chi connectivity index (χ0n) is 18.5. The standard InChI is InChI=1S/C23H29FN4O4/c1-3-32-22(30)19-18(14-27-10-12-28(13-11-27)21(29)15-8-9-15)26(2)23(31)25-20(19)16-6-4-5-7-17(16)24/h4-7,15,20H,3,8-14H2,1-2H3,(H,25,31). The van der Waals surface area contributed by atoms with Gasteiger partial charge in [-0.05, 0) is 25.8 Å². The van der Waals surface area contributed by atoms with Gasteiger partial charge in [0, 0.05) is 56.9 Å². The second kappa shape index (κ2) is 9.28. The van der Waals surface area contributed by atoms with Crippen molar-refractivity contribution in [2.24, 2.45) is 5.92 Å². The molecule has 32 heavy (non-hydrogen) atoms. The van der Waals surface area contributed by atoms with Gasteiger partial charge in [-0.2, -0.15) is 0 Å². The first kappa shape index (κ1) is 22.3. The van der Waals surface area contributed by atoms with E-state index in [2.05, 4.69) is 10.2 Å². The predicted molar refractivity (Wildman–Crippen MR) is 115 cm³/mol. The number of amides is 3. The third-order valence-corrected chi connectivity index (χ3v) is 6.27. The van der Waals surface area contributed by atoms with Gasteiger partial charge in [0.2, 0.25) is 5.91 Å². The van der Waals surface area contributed by atoms with Crippen molar-refractivity contribution in [3.63, 3.8) is 0 Å². The van der Waals surface area contributed by atoms with Gasteiger partial charge in [-0.15, -0.1) is 0 Å². The van der Waals surface area contributed by atoms with Gasteiger partial charge in [0.1, 0.15) is 5.82 Å². The average Bonchev–Trinajstić information content (AvgIpc) is 3.63. The molecular formula is C23H29FN4O4. The maximum atomic E-state index is 14.6. The topological polar surface area (TPSA) is 82.2 Å². The van der Waals surface area contributed by atoms with Crippen LogP contribution in [-0.4, -0.2) is 79.0 Å². The Labute approximate surface area is 187 Å². The highest BCUT2D eigenvalue weighted by Gasteiger charge is 2.39. The van der Waals surface area contributed by atoms with Gasteiger partial charge in [-0.1, -0.05) is 18.2 Å². The number of hydrogen-bond donors (Lipinski definition) is 1. The highest BCUT2D eigenvalue weighted by Crippen LogP contribution is 2.33. The minimum Gasteiger partial charge on any atom is -0.463 e. The Morgan fingerprint density at radius 3 is 2.47 bits per heavy atom. The van der Waals surface area contributed by atoms with E-state index in [0.717, 1.165) is 12.8 Å². The Balaban J connectivity index is 1.61.